The third-order valence-electron chi connectivity index (χ3n) is 7.46. The fourth-order valence-electron chi connectivity index (χ4n) is 4.68. The molecular formula is C36H41N3O5S. The lowest BCUT2D eigenvalue weighted by Crippen LogP contribution is -2.51. The summed E-state index contributed by atoms with van der Waals surface area (Å²) in [7, 11) is -4.17. The second-order valence-corrected chi connectivity index (χ2v) is 12.9. The summed E-state index contributed by atoms with van der Waals surface area (Å²) >= 11 is 0. The first-order valence-electron chi connectivity index (χ1n) is 15.1. The third kappa shape index (κ3) is 8.95. The van der Waals surface area contributed by atoms with Crippen molar-refractivity contribution in [2.75, 3.05) is 17.4 Å². The van der Waals surface area contributed by atoms with Crippen LogP contribution in [0, 0.1) is 13.8 Å². The van der Waals surface area contributed by atoms with E-state index in [9.17, 15) is 18.0 Å². The molecule has 0 saturated heterocycles. The Balaban J connectivity index is 1.68. The van der Waals surface area contributed by atoms with Crippen LogP contribution >= 0.6 is 0 Å². The Morgan fingerprint density at radius 1 is 0.800 bits per heavy atom. The molecule has 0 aliphatic heterocycles. The molecular weight excluding hydrogens is 586 g/mol. The first-order chi connectivity index (χ1) is 21.6. The lowest BCUT2D eigenvalue weighted by atomic mass is 10.1. The number of carbonyl (C=O) groups excluding carboxylic acids is 2. The van der Waals surface area contributed by atoms with Crippen molar-refractivity contribution in [2.45, 2.75) is 58.0 Å². The van der Waals surface area contributed by atoms with Gasteiger partial charge in [-0.1, -0.05) is 79.1 Å². The van der Waals surface area contributed by atoms with E-state index >= 15 is 0 Å². The van der Waals surface area contributed by atoms with Gasteiger partial charge in [0.05, 0.1) is 10.6 Å². The zero-order valence-electron chi connectivity index (χ0n) is 26.3. The van der Waals surface area contributed by atoms with E-state index in [2.05, 4.69) is 5.32 Å². The summed E-state index contributed by atoms with van der Waals surface area (Å²) in [6, 6.07) is 29.2. The van der Waals surface area contributed by atoms with Crippen LogP contribution in [0.3, 0.4) is 0 Å². The molecule has 0 radical (unpaired) electrons. The number of carbonyl (C=O) groups is 2. The van der Waals surface area contributed by atoms with Crippen molar-refractivity contribution >= 4 is 27.5 Å². The largest absolute Gasteiger partial charge is 0.457 e. The molecule has 236 valence electrons. The number of anilines is 1. The Morgan fingerprint density at radius 2 is 1.38 bits per heavy atom. The lowest BCUT2D eigenvalue weighted by molar-refractivity contribution is -0.139. The molecule has 1 atom stereocenters. The quantitative estimate of drug-likeness (QED) is 0.159. The molecule has 0 aliphatic carbocycles. The molecule has 2 amide bonds. The first kappa shape index (κ1) is 33.3. The smallest absolute Gasteiger partial charge is 0.264 e. The van der Waals surface area contributed by atoms with Crippen molar-refractivity contribution < 1.29 is 22.7 Å². The average molecular weight is 628 g/mol. The van der Waals surface area contributed by atoms with E-state index in [1.165, 1.54) is 17.0 Å². The second kappa shape index (κ2) is 15.4. The molecule has 4 rings (SSSR count). The molecule has 4 aromatic rings. The van der Waals surface area contributed by atoms with E-state index in [-0.39, 0.29) is 17.3 Å². The summed E-state index contributed by atoms with van der Waals surface area (Å²) in [5.74, 6) is 0.359. The van der Waals surface area contributed by atoms with E-state index < -0.39 is 28.5 Å². The highest BCUT2D eigenvalue weighted by Gasteiger charge is 2.32. The third-order valence-corrected chi connectivity index (χ3v) is 9.25. The molecule has 0 heterocycles. The van der Waals surface area contributed by atoms with E-state index in [0.717, 1.165) is 33.8 Å². The van der Waals surface area contributed by atoms with Gasteiger partial charge in [-0.2, -0.15) is 0 Å². The maximum Gasteiger partial charge on any atom is 0.264 e. The van der Waals surface area contributed by atoms with Crippen molar-refractivity contribution in [1.82, 2.24) is 10.2 Å². The minimum Gasteiger partial charge on any atom is -0.457 e. The maximum absolute atomic E-state index is 14.1. The molecule has 0 aromatic heterocycles. The number of nitrogens with one attached hydrogen (secondary N) is 1. The molecule has 0 saturated carbocycles. The zero-order valence-corrected chi connectivity index (χ0v) is 27.1. The Hall–Kier alpha value is -4.63. The number of nitrogens with zero attached hydrogens (tertiary/aromatic N) is 2. The van der Waals surface area contributed by atoms with Crippen LogP contribution in [0.2, 0.25) is 0 Å². The summed E-state index contributed by atoms with van der Waals surface area (Å²) in [6.07, 6.45) is 1.73. The van der Waals surface area contributed by atoms with Gasteiger partial charge in [-0.05, 0) is 81.3 Å². The van der Waals surface area contributed by atoms with Crippen LogP contribution in [0.4, 0.5) is 5.69 Å². The Bertz CT molecular complexity index is 1660. The minimum absolute atomic E-state index is 0.0564. The molecule has 1 N–H and O–H groups in total. The number of rotatable bonds is 14. The number of hydrogen-bond acceptors (Lipinski definition) is 5. The number of unbranched alkanes of at least 4 members (excludes halogenated alkanes) is 1. The molecule has 0 bridgehead atoms. The number of sulfonamides is 1. The normalized spacial score (nSPS) is 11.8. The molecule has 8 nitrogen and oxygen atoms in total. The molecule has 0 unspecified atom stereocenters. The van der Waals surface area contributed by atoms with E-state index in [0.29, 0.717) is 23.7 Å². The Labute approximate surface area is 266 Å². The Kier molecular flexibility index (Phi) is 11.4. The van der Waals surface area contributed by atoms with Gasteiger partial charge in [-0.15, -0.1) is 0 Å². The molecule has 0 aliphatic rings. The number of ether oxygens (including phenoxy) is 1. The van der Waals surface area contributed by atoms with Gasteiger partial charge in [-0.25, -0.2) is 8.42 Å². The van der Waals surface area contributed by atoms with Gasteiger partial charge in [0.15, 0.2) is 0 Å². The molecule has 45 heavy (non-hydrogen) atoms. The number of para-hydroxylation sites is 1. The van der Waals surface area contributed by atoms with Crippen molar-refractivity contribution in [3.8, 4) is 11.5 Å². The van der Waals surface area contributed by atoms with Gasteiger partial charge >= 0.3 is 0 Å². The number of hydrogen-bond donors (Lipinski definition) is 1. The monoisotopic (exact) mass is 627 g/mol. The molecule has 4 aromatic carbocycles. The lowest BCUT2D eigenvalue weighted by Gasteiger charge is -2.32. The topological polar surface area (TPSA) is 96.0 Å². The number of benzene rings is 4. The number of amides is 2. The Morgan fingerprint density at radius 3 is 1.98 bits per heavy atom. The van der Waals surface area contributed by atoms with E-state index in [1.807, 2.05) is 75.4 Å². The van der Waals surface area contributed by atoms with Gasteiger partial charge < -0.3 is 15.0 Å². The highest BCUT2D eigenvalue weighted by molar-refractivity contribution is 7.92. The van der Waals surface area contributed by atoms with E-state index in [4.69, 9.17) is 4.74 Å². The highest BCUT2D eigenvalue weighted by atomic mass is 32.2. The van der Waals surface area contributed by atoms with Crippen LogP contribution < -0.4 is 14.4 Å². The summed E-state index contributed by atoms with van der Waals surface area (Å²) in [5, 5.41) is 2.91. The van der Waals surface area contributed by atoms with Crippen molar-refractivity contribution in [2.24, 2.45) is 0 Å². The maximum atomic E-state index is 14.1. The molecule has 0 fully saturated rings. The van der Waals surface area contributed by atoms with Crippen molar-refractivity contribution in [3.05, 3.63) is 120 Å². The summed E-state index contributed by atoms with van der Waals surface area (Å²) in [5.41, 5.74) is 3.10. The van der Waals surface area contributed by atoms with Gasteiger partial charge in [-0.3, -0.25) is 13.9 Å². The van der Waals surface area contributed by atoms with Crippen LogP contribution in [0.15, 0.2) is 108 Å². The van der Waals surface area contributed by atoms with Gasteiger partial charge in [0.1, 0.15) is 24.1 Å². The van der Waals surface area contributed by atoms with Gasteiger partial charge in [0, 0.05) is 13.1 Å². The predicted octanol–water partition coefficient (Wildman–Crippen LogP) is 6.62. The van der Waals surface area contributed by atoms with Gasteiger partial charge in [0.25, 0.3) is 10.0 Å². The van der Waals surface area contributed by atoms with Crippen LogP contribution in [-0.2, 0) is 26.2 Å². The van der Waals surface area contributed by atoms with Gasteiger partial charge in [0.2, 0.25) is 11.8 Å². The van der Waals surface area contributed by atoms with Crippen molar-refractivity contribution in [1.29, 1.82) is 0 Å². The summed E-state index contributed by atoms with van der Waals surface area (Å²) in [4.78, 5) is 28.8. The van der Waals surface area contributed by atoms with Crippen LogP contribution in [0.5, 0.6) is 11.5 Å². The standard InChI is InChI=1S/C36H41N3O5S/c1-5-6-24-37-36(41)29(4)38(25-30-16-12-27(2)13-17-30)35(40)26-39(45(42,43)34-22-14-28(3)15-23-34)31-18-20-33(21-19-31)44-32-10-8-7-9-11-32/h7-23,29H,5-6,24-26H2,1-4H3,(H,37,41)/t29-/m0/s1. The second-order valence-electron chi connectivity index (χ2n) is 11.1. The summed E-state index contributed by atoms with van der Waals surface area (Å²) < 4.78 is 35.2. The fourth-order valence-corrected chi connectivity index (χ4v) is 6.09. The van der Waals surface area contributed by atoms with E-state index in [1.54, 1.807) is 43.3 Å². The first-order valence-corrected chi connectivity index (χ1v) is 16.6. The van der Waals surface area contributed by atoms with Crippen LogP contribution in [-0.4, -0.2) is 44.3 Å². The van der Waals surface area contributed by atoms with Crippen LogP contribution in [0.1, 0.15) is 43.4 Å². The number of aryl methyl sites for hydroxylation is 2. The fraction of sp³-hybridized carbons (Fsp3) is 0.278. The zero-order chi connectivity index (χ0) is 32.4. The van der Waals surface area contributed by atoms with Crippen molar-refractivity contribution in [3.63, 3.8) is 0 Å². The van der Waals surface area contributed by atoms with Crippen LogP contribution in [0.25, 0.3) is 0 Å². The SMILES string of the molecule is CCCCNC(=O)[C@H](C)N(Cc1ccc(C)cc1)C(=O)CN(c1ccc(Oc2ccccc2)cc1)S(=O)(=O)c1ccc(C)cc1. The molecule has 0 spiro atoms. The predicted molar refractivity (Wildman–Crippen MR) is 178 cm³/mol. The minimum atomic E-state index is -4.17. The molecule has 9 heteroatoms. The average Bonchev–Trinajstić information content (AvgIpc) is 3.04. The summed E-state index contributed by atoms with van der Waals surface area (Å²) in [6.45, 7) is 7.68. The highest BCUT2D eigenvalue weighted by Crippen LogP contribution is 2.29.